The number of benzene rings is 2. The number of nitrogens with two attached hydrogens (primary N) is 1. The van der Waals surface area contributed by atoms with E-state index in [1.807, 2.05) is 42.5 Å². The fourth-order valence-corrected chi connectivity index (χ4v) is 3.81. The average molecular weight is 454 g/mol. The lowest BCUT2D eigenvalue weighted by molar-refractivity contribution is -0.121. The molecule has 1 amide bonds. The van der Waals surface area contributed by atoms with Gasteiger partial charge in [0.25, 0.3) is 0 Å². The minimum absolute atomic E-state index is 0. The molecule has 0 aliphatic carbocycles. The van der Waals surface area contributed by atoms with E-state index >= 15 is 0 Å². The molecule has 2 aromatic carbocycles. The molecule has 3 N–H and O–H groups in total. The summed E-state index contributed by atoms with van der Waals surface area (Å²) in [6, 6.07) is 17.8. The van der Waals surface area contributed by atoms with Crippen LogP contribution in [-0.4, -0.2) is 37.6 Å². The molecule has 2 unspecified atom stereocenters. The summed E-state index contributed by atoms with van der Waals surface area (Å²) in [5.41, 5.74) is 8.39. The molecular formula is C23H33Cl2N3O2. The number of carbonyl (C=O) groups excluding carboxylic acids is 1. The highest BCUT2D eigenvalue weighted by Crippen LogP contribution is 2.26. The SMILES string of the molecule is COc1ccc(C(CNC(=O)CC(N)c2ccccc2)N2CCCCC2)cc1.Cl.Cl. The summed E-state index contributed by atoms with van der Waals surface area (Å²) in [6.07, 6.45) is 3.99. The first-order valence-electron chi connectivity index (χ1n) is 10.1. The Morgan fingerprint density at radius 3 is 2.23 bits per heavy atom. The van der Waals surface area contributed by atoms with E-state index in [0.29, 0.717) is 13.0 Å². The lowest BCUT2D eigenvalue weighted by Crippen LogP contribution is -2.41. The maximum absolute atomic E-state index is 12.5. The summed E-state index contributed by atoms with van der Waals surface area (Å²) in [5, 5.41) is 3.12. The van der Waals surface area contributed by atoms with E-state index in [-0.39, 0.29) is 42.8 Å². The summed E-state index contributed by atoms with van der Waals surface area (Å²) in [6.45, 7) is 2.72. The quantitative estimate of drug-likeness (QED) is 0.625. The Kier molecular flexibility index (Phi) is 11.8. The molecule has 0 radical (unpaired) electrons. The second-order valence-corrected chi connectivity index (χ2v) is 7.41. The maximum atomic E-state index is 12.5. The minimum atomic E-state index is -0.282. The van der Waals surface area contributed by atoms with Crippen LogP contribution in [0.5, 0.6) is 5.75 Å². The van der Waals surface area contributed by atoms with Crippen LogP contribution in [0.2, 0.25) is 0 Å². The number of rotatable bonds is 8. The van der Waals surface area contributed by atoms with Crippen molar-refractivity contribution in [2.24, 2.45) is 5.73 Å². The van der Waals surface area contributed by atoms with Gasteiger partial charge in [-0.05, 0) is 49.2 Å². The Morgan fingerprint density at radius 2 is 1.63 bits per heavy atom. The summed E-state index contributed by atoms with van der Waals surface area (Å²) in [4.78, 5) is 15.0. The molecule has 0 saturated carbocycles. The molecule has 166 valence electrons. The third-order valence-electron chi connectivity index (χ3n) is 5.46. The van der Waals surface area contributed by atoms with Crippen LogP contribution in [0.1, 0.15) is 48.9 Å². The molecule has 0 spiro atoms. The van der Waals surface area contributed by atoms with Gasteiger partial charge >= 0.3 is 0 Å². The number of piperidine rings is 1. The van der Waals surface area contributed by atoms with E-state index in [2.05, 4.69) is 22.3 Å². The van der Waals surface area contributed by atoms with Crippen LogP contribution in [0.15, 0.2) is 54.6 Å². The zero-order valence-corrected chi connectivity index (χ0v) is 19.1. The number of carbonyl (C=O) groups is 1. The number of nitrogens with zero attached hydrogens (tertiary/aromatic N) is 1. The number of ether oxygens (including phenoxy) is 1. The summed E-state index contributed by atoms with van der Waals surface area (Å²) >= 11 is 0. The zero-order valence-electron chi connectivity index (χ0n) is 17.5. The van der Waals surface area contributed by atoms with Crippen LogP contribution in [0.3, 0.4) is 0 Å². The molecule has 2 aromatic rings. The highest BCUT2D eigenvalue weighted by molar-refractivity contribution is 5.85. The highest BCUT2D eigenvalue weighted by atomic mass is 35.5. The summed E-state index contributed by atoms with van der Waals surface area (Å²) in [5.74, 6) is 0.839. The molecule has 5 nitrogen and oxygen atoms in total. The van der Waals surface area contributed by atoms with Gasteiger partial charge in [0.15, 0.2) is 0 Å². The van der Waals surface area contributed by atoms with Crippen LogP contribution < -0.4 is 15.8 Å². The third-order valence-corrected chi connectivity index (χ3v) is 5.46. The number of hydrogen-bond acceptors (Lipinski definition) is 4. The Balaban J connectivity index is 0.00000225. The van der Waals surface area contributed by atoms with Gasteiger partial charge in [-0.2, -0.15) is 0 Å². The lowest BCUT2D eigenvalue weighted by atomic mass is 10.0. The first kappa shape index (κ1) is 26.2. The molecular weight excluding hydrogens is 421 g/mol. The fraction of sp³-hybridized carbons (Fsp3) is 0.435. The van der Waals surface area contributed by atoms with Crippen molar-refractivity contribution in [2.75, 3.05) is 26.7 Å². The fourth-order valence-electron chi connectivity index (χ4n) is 3.81. The van der Waals surface area contributed by atoms with Crippen molar-refractivity contribution in [2.45, 2.75) is 37.8 Å². The van der Waals surface area contributed by atoms with E-state index in [1.54, 1.807) is 7.11 Å². The van der Waals surface area contributed by atoms with Gasteiger partial charge in [-0.25, -0.2) is 0 Å². The Labute approximate surface area is 192 Å². The normalized spacial score (nSPS) is 15.8. The third kappa shape index (κ3) is 7.47. The van der Waals surface area contributed by atoms with Crippen LogP contribution in [-0.2, 0) is 4.79 Å². The zero-order chi connectivity index (χ0) is 19.8. The molecule has 1 heterocycles. The predicted octanol–water partition coefficient (Wildman–Crippen LogP) is 4.27. The van der Waals surface area contributed by atoms with Crippen molar-refractivity contribution in [1.29, 1.82) is 0 Å². The Bertz CT molecular complexity index is 738. The van der Waals surface area contributed by atoms with Gasteiger partial charge in [0.2, 0.25) is 5.91 Å². The van der Waals surface area contributed by atoms with Gasteiger partial charge in [0.05, 0.1) is 13.2 Å². The second-order valence-electron chi connectivity index (χ2n) is 7.41. The predicted molar refractivity (Wildman–Crippen MR) is 127 cm³/mol. The molecule has 1 saturated heterocycles. The van der Waals surface area contributed by atoms with Gasteiger partial charge in [-0.3, -0.25) is 9.69 Å². The Morgan fingerprint density at radius 1 is 1.00 bits per heavy atom. The number of halogens is 2. The standard InChI is InChI=1S/C23H31N3O2.2ClH/c1-28-20-12-10-19(11-13-20)22(26-14-6-3-7-15-26)17-25-23(27)16-21(24)18-8-4-2-5-9-18;;/h2,4-5,8-13,21-22H,3,6-7,14-17,24H2,1H3,(H,25,27);2*1H. The number of methoxy groups -OCH3 is 1. The molecule has 1 aliphatic heterocycles. The van der Waals surface area contributed by atoms with E-state index < -0.39 is 0 Å². The molecule has 7 heteroatoms. The lowest BCUT2D eigenvalue weighted by Gasteiger charge is -2.35. The molecule has 0 aromatic heterocycles. The van der Waals surface area contributed by atoms with Crippen LogP contribution >= 0.6 is 24.8 Å². The molecule has 3 rings (SSSR count). The number of likely N-dealkylation sites (tertiary alicyclic amines) is 1. The average Bonchev–Trinajstić information content (AvgIpc) is 2.75. The topological polar surface area (TPSA) is 67.6 Å². The number of nitrogens with one attached hydrogen (secondary N) is 1. The van der Waals surface area contributed by atoms with E-state index in [9.17, 15) is 4.79 Å². The van der Waals surface area contributed by atoms with Crippen molar-refractivity contribution < 1.29 is 9.53 Å². The van der Waals surface area contributed by atoms with Gasteiger partial charge in [-0.15, -0.1) is 24.8 Å². The van der Waals surface area contributed by atoms with Crippen molar-refractivity contribution in [1.82, 2.24) is 10.2 Å². The first-order valence-corrected chi connectivity index (χ1v) is 10.1. The maximum Gasteiger partial charge on any atom is 0.221 e. The molecule has 2 atom stereocenters. The van der Waals surface area contributed by atoms with Crippen LogP contribution in [0, 0.1) is 0 Å². The van der Waals surface area contributed by atoms with Crippen molar-refractivity contribution in [3.63, 3.8) is 0 Å². The number of hydrogen-bond donors (Lipinski definition) is 2. The van der Waals surface area contributed by atoms with E-state index in [4.69, 9.17) is 10.5 Å². The Hall–Kier alpha value is -1.79. The van der Waals surface area contributed by atoms with Crippen molar-refractivity contribution in [3.8, 4) is 5.75 Å². The summed E-state index contributed by atoms with van der Waals surface area (Å²) < 4.78 is 5.28. The van der Waals surface area contributed by atoms with E-state index in [1.165, 1.54) is 24.8 Å². The van der Waals surface area contributed by atoms with Crippen molar-refractivity contribution >= 4 is 30.7 Å². The minimum Gasteiger partial charge on any atom is -0.497 e. The van der Waals surface area contributed by atoms with Gasteiger partial charge < -0.3 is 15.8 Å². The smallest absolute Gasteiger partial charge is 0.221 e. The monoisotopic (exact) mass is 453 g/mol. The largest absolute Gasteiger partial charge is 0.497 e. The number of amides is 1. The second kappa shape index (κ2) is 13.5. The highest BCUT2D eigenvalue weighted by Gasteiger charge is 2.23. The van der Waals surface area contributed by atoms with Gasteiger partial charge in [-0.1, -0.05) is 48.9 Å². The van der Waals surface area contributed by atoms with E-state index in [0.717, 1.165) is 24.4 Å². The van der Waals surface area contributed by atoms with Gasteiger partial charge in [0, 0.05) is 19.0 Å². The molecule has 1 aliphatic rings. The molecule has 0 bridgehead atoms. The molecule has 1 fully saturated rings. The van der Waals surface area contributed by atoms with Crippen LogP contribution in [0.4, 0.5) is 0 Å². The van der Waals surface area contributed by atoms with Crippen molar-refractivity contribution in [3.05, 3.63) is 65.7 Å². The molecule has 30 heavy (non-hydrogen) atoms. The summed E-state index contributed by atoms with van der Waals surface area (Å²) in [7, 11) is 1.67. The van der Waals surface area contributed by atoms with Crippen LogP contribution in [0.25, 0.3) is 0 Å². The first-order chi connectivity index (χ1) is 13.7. The van der Waals surface area contributed by atoms with Gasteiger partial charge in [0.1, 0.15) is 5.75 Å².